The molecule has 96 valence electrons. The fraction of sp³-hybridized carbons (Fsp3) is 0.357. The van der Waals surface area contributed by atoms with Crippen molar-refractivity contribution < 1.29 is 0 Å². The van der Waals surface area contributed by atoms with Crippen LogP contribution in [0.1, 0.15) is 22.8 Å². The molecular formula is C14H18BrN3. The fourth-order valence-corrected chi connectivity index (χ4v) is 2.36. The van der Waals surface area contributed by atoms with E-state index in [0.717, 1.165) is 34.5 Å². The molecule has 0 saturated heterocycles. The second-order valence-corrected chi connectivity index (χ2v) is 5.36. The first kappa shape index (κ1) is 13.3. The van der Waals surface area contributed by atoms with Gasteiger partial charge in [-0.3, -0.25) is 0 Å². The number of aryl methyl sites for hydroxylation is 3. The van der Waals surface area contributed by atoms with E-state index in [1.807, 2.05) is 14.0 Å². The molecule has 2 N–H and O–H groups in total. The molecule has 0 aliphatic heterocycles. The first-order valence-corrected chi connectivity index (χ1v) is 6.86. The summed E-state index contributed by atoms with van der Waals surface area (Å²) in [6, 6.07) is 8.43. The molecule has 1 aromatic heterocycles. The number of aromatic nitrogens is 2. The predicted octanol–water partition coefficient (Wildman–Crippen LogP) is 2.73. The minimum atomic E-state index is 0.549. The summed E-state index contributed by atoms with van der Waals surface area (Å²) >= 11 is 3.44. The Kier molecular flexibility index (Phi) is 4.19. The zero-order valence-corrected chi connectivity index (χ0v) is 12.4. The van der Waals surface area contributed by atoms with Gasteiger partial charge in [0, 0.05) is 18.1 Å². The van der Waals surface area contributed by atoms with Crippen LogP contribution in [0.2, 0.25) is 0 Å². The van der Waals surface area contributed by atoms with E-state index in [2.05, 4.69) is 49.7 Å². The zero-order chi connectivity index (χ0) is 13.1. The van der Waals surface area contributed by atoms with Crippen LogP contribution in [0.25, 0.3) is 0 Å². The van der Waals surface area contributed by atoms with Crippen LogP contribution in [-0.2, 0) is 26.4 Å². The molecule has 0 atom stereocenters. The van der Waals surface area contributed by atoms with Crippen molar-refractivity contribution >= 4 is 15.9 Å². The number of halogens is 1. The largest absolute Gasteiger partial charge is 0.334 e. The molecule has 1 heterocycles. The van der Waals surface area contributed by atoms with Crippen LogP contribution in [-0.4, -0.2) is 9.55 Å². The van der Waals surface area contributed by atoms with E-state index in [4.69, 9.17) is 5.73 Å². The van der Waals surface area contributed by atoms with Gasteiger partial charge in [-0.2, -0.15) is 0 Å². The summed E-state index contributed by atoms with van der Waals surface area (Å²) in [5.74, 6) is 1.03. The van der Waals surface area contributed by atoms with E-state index in [-0.39, 0.29) is 0 Å². The summed E-state index contributed by atoms with van der Waals surface area (Å²) in [7, 11) is 2.02. The smallest absolute Gasteiger partial charge is 0.105 e. The van der Waals surface area contributed by atoms with Gasteiger partial charge in [-0.05, 0) is 37.5 Å². The molecule has 0 aliphatic rings. The first-order valence-electron chi connectivity index (χ1n) is 6.07. The summed E-state index contributed by atoms with van der Waals surface area (Å²) < 4.78 is 3.19. The van der Waals surface area contributed by atoms with Gasteiger partial charge < -0.3 is 10.3 Å². The summed E-state index contributed by atoms with van der Waals surface area (Å²) in [5.41, 5.74) is 9.38. The molecule has 4 heteroatoms. The van der Waals surface area contributed by atoms with E-state index in [0.29, 0.717) is 6.54 Å². The Bertz CT molecular complexity index is 529. The van der Waals surface area contributed by atoms with E-state index in [1.54, 1.807) is 0 Å². The van der Waals surface area contributed by atoms with Gasteiger partial charge in [-0.15, -0.1) is 0 Å². The van der Waals surface area contributed by atoms with Crippen LogP contribution < -0.4 is 5.73 Å². The SMILES string of the molecule is Cc1nc(CCc2ccc(Br)cc2)c(CN)n1C. The summed E-state index contributed by atoms with van der Waals surface area (Å²) in [6.45, 7) is 2.56. The van der Waals surface area contributed by atoms with E-state index < -0.39 is 0 Å². The third-order valence-electron chi connectivity index (χ3n) is 3.28. The van der Waals surface area contributed by atoms with E-state index >= 15 is 0 Å². The molecule has 18 heavy (non-hydrogen) atoms. The molecule has 1 aromatic carbocycles. The molecule has 0 unspecified atom stereocenters. The molecule has 3 nitrogen and oxygen atoms in total. The minimum Gasteiger partial charge on any atom is -0.334 e. The highest BCUT2D eigenvalue weighted by Crippen LogP contribution is 2.15. The van der Waals surface area contributed by atoms with Gasteiger partial charge in [0.25, 0.3) is 0 Å². The standard InChI is InChI=1S/C14H18BrN3/c1-10-17-13(14(9-16)18(10)2)8-5-11-3-6-12(15)7-4-11/h3-4,6-7H,5,8-9,16H2,1-2H3. The van der Waals surface area contributed by atoms with Crippen molar-refractivity contribution in [3.63, 3.8) is 0 Å². The molecule has 2 aromatic rings. The highest BCUT2D eigenvalue weighted by atomic mass is 79.9. The zero-order valence-electron chi connectivity index (χ0n) is 10.8. The van der Waals surface area contributed by atoms with Gasteiger partial charge in [-0.25, -0.2) is 4.98 Å². The Balaban J connectivity index is 2.10. The Morgan fingerprint density at radius 3 is 2.50 bits per heavy atom. The van der Waals surface area contributed by atoms with Crippen molar-refractivity contribution in [3.05, 3.63) is 51.5 Å². The Morgan fingerprint density at radius 2 is 1.89 bits per heavy atom. The number of nitrogens with two attached hydrogens (primary N) is 1. The number of hydrogen-bond acceptors (Lipinski definition) is 2. The van der Waals surface area contributed by atoms with Crippen LogP contribution in [0.5, 0.6) is 0 Å². The average Bonchev–Trinajstić information content (AvgIpc) is 2.64. The van der Waals surface area contributed by atoms with Crippen LogP contribution in [0.3, 0.4) is 0 Å². The monoisotopic (exact) mass is 307 g/mol. The third-order valence-corrected chi connectivity index (χ3v) is 3.81. The van der Waals surface area contributed by atoms with Crippen molar-refractivity contribution in [1.82, 2.24) is 9.55 Å². The van der Waals surface area contributed by atoms with Crippen LogP contribution >= 0.6 is 15.9 Å². The van der Waals surface area contributed by atoms with Crippen molar-refractivity contribution in [1.29, 1.82) is 0 Å². The molecule has 0 spiro atoms. The van der Waals surface area contributed by atoms with Gasteiger partial charge in [0.1, 0.15) is 5.82 Å². The molecule has 2 rings (SSSR count). The lowest BCUT2D eigenvalue weighted by Gasteiger charge is -2.04. The molecule has 0 amide bonds. The molecule has 0 fully saturated rings. The van der Waals surface area contributed by atoms with Crippen molar-refractivity contribution in [2.24, 2.45) is 12.8 Å². The maximum Gasteiger partial charge on any atom is 0.105 e. The number of rotatable bonds is 4. The third kappa shape index (κ3) is 2.82. The van der Waals surface area contributed by atoms with Gasteiger partial charge >= 0.3 is 0 Å². The van der Waals surface area contributed by atoms with Gasteiger partial charge in [0.2, 0.25) is 0 Å². The number of hydrogen-bond donors (Lipinski definition) is 1. The Hall–Kier alpha value is -1.13. The van der Waals surface area contributed by atoms with E-state index in [1.165, 1.54) is 5.56 Å². The number of nitrogens with zero attached hydrogens (tertiary/aromatic N) is 2. The summed E-state index contributed by atoms with van der Waals surface area (Å²) in [4.78, 5) is 4.59. The van der Waals surface area contributed by atoms with Crippen molar-refractivity contribution in [2.75, 3.05) is 0 Å². The average molecular weight is 308 g/mol. The summed E-state index contributed by atoms with van der Waals surface area (Å²) in [5, 5.41) is 0. The quantitative estimate of drug-likeness (QED) is 0.944. The number of imidazole rings is 1. The maximum absolute atomic E-state index is 5.79. The molecule has 0 saturated carbocycles. The topological polar surface area (TPSA) is 43.8 Å². The predicted molar refractivity (Wildman–Crippen MR) is 77.4 cm³/mol. The van der Waals surface area contributed by atoms with Gasteiger partial charge in [0.15, 0.2) is 0 Å². The van der Waals surface area contributed by atoms with Crippen LogP contribution in [0, 0.1) is 6.92 Å². The lowest BCUT2D eigenvalue weighted by molar-refractivity contribution is 0.779. The second kappa shape index (κ2) is 5.67. The summed E-state index contributed by atoms with van der Waals surface area (Å²) in [6.07, 6.45) is 1.94. The van der Waals surface area contributed by atoms with Gasteiger partial charge in [0.05, 0.1) is 11.4 Å². The molecular weight excluding hydrogens is 290 g/mol. The maximum atomic E-state index is 5.79. The Labute approximate surface area is 116 Å². The van der Waals surface area contributed by atoms with Crippen molar-refractivity contribution in [2.45, 2.75) is 26.3 Å². The molecule has 0 aliphatic carbocycles. The first-order chi connectivity index (χ1) is 8.61. The van der Waals surface area contributed by atoms with Crippen molar-refractivity contribution in [3.8, 4) is 0 Å². The fourth-order valence-electron chi connectivity index (χ4n) is 2.09. The lowest BCUT2D eigenvalue weighted by atomic mass is 10.1. The molecule has 0 radical (unpaired) electrons. The minimum absolute atomic E-state index is 0.549. The highest BCUT2D eigenvalue weighted by Gasteiger charge is 2.10. The van der Waals surface area contributed by atoms with Gasteiger partial charge in [-0.1, -0.05) is 28.1 Å². The second-order valence-electron chi connectivity index (χ2n) is 4.44. The van der Waals surface area contributed by atoms with Crippen LogP contribution in [0.15, 0.2) is 28.7 Å². The highest BCUT2D eigenvalue weighted by molar-refractivity contribution is 9.10. The Morgan fingerprint density at radius 1 is 1.22 bits per heavy atom. The van der Waals surface area contributed by atoms with Crippen LogP contribution in [0.4, 0.5) is 0 Å². The van der Waals surface area contributed by atoms with E-state index in [9.17, 15) is 0 Å². The number of benzene rings is 1. The molecule has 0 bridgehead atoms. The normalized spacial score (nSPS) is 10.9. The lowest BCUT2D eigenvalue weighted by Crippen LogP contribution is -2.07.